The van der Waals surface area contributed by atoms with Crippen molar-refractivity contribution in [1.82, 2.24) is 9.13 Å². The molecule has 0 bridgehead atoms. The van der Waals surface area contributed by atoms with Gasteiger partial charge in [-0.15, -0.1) is 0 Å². The van der Waals surface area contributed by atoms with Crippen molar-refractivity contribution in [3.8, 4) is 0 Å². The molecule has 1 aromatic heterocycles. The van der Waals surface area contributed by atoms with Gasteiger partial charge in [0.1, 0.15) is 0 Å². The Morgan fingerprint density at radius 1 is 1.08 bits per heavy atom. The second-order valence-electron chi connectivity index (χ2n) is 5.45. The van der Waals surface area contributed by atoms with E-state index in [0.717, 1.165) is 16.6 Å². The van der Waals surface area contributed by atoms with Crippen LogP contribution >= 0.6 is 11.6 Å². The molecule has 0 aliphatic heterocycles. The van der Waals surface area contributed by atoms with Crippen LogP contribution < -0.4 is 11.0 Å². The number of benzene rings is 2. The van der Waals surface area contributed by atoms with Gasteiger partial charge in [-0.1, -0.05) is 29.8 Å². The van der Waals surface area contributed by atoms with Gasteiger partial charge in [-0.2, -0.15) is 0 Å². The maximum Gasteiger partial charge on any atom is 0.328 e. The van der Waals surface area contributed by atoms with Gasteiger partial charge in [-0.3, -0.25) is 13.9 Å². The summed E-state index contributed by atoms with van der Waals surface area (Å²) in [6, 6.07) is 12.6. The molecule has 6 heteroatoms. The van der Waals surface area contributed by atoms with E-state index < -0.39 is 0 Å². The molecule has 1 amide bonds. The Bertz CT molecular complexity index is 1010. The molecule has 1 N–H and O–H groups in total. The third kappa shape index (κ3) is 2.98. The minimum Gasteiger partial charge on any atom is -0.322 e. The maximum atomic E-state index is 12.1. The first-order valence-corrected chi connectivity index (χ1v) is 7.74. The number of anilines is 1. The molecule has 122 valence electrons. The Kier molecular flexibility index (Phi) is 4.27. The summed E-state index contributed by atoms with van der Waals surface area (Å²) in [5.41, 5.74) is 2.86. The number of rotatable bonds is 3. The van der Waals surface area contributed by atoms with Crippen LogP contribution in [0.2, 0.25) is 5.02 Å². The minimum absolute atomic E-state index is 0.105. The van der Waals surface area contributed by atoms with Gasteiger partial charge in [0.2, 0.25) is 5.91 Å². The zero-order chi connectivity index (χ0) is 17.3. The van der Waals surface area contributed by atoms with Crippen molar-refractivity contribution in [2.24, 2.45) is 14.1 Å². The van der Waals surface area contributed by atoms with E-state index in [1.165, 1.54) is 6.08 Å². The number of aromatic nitrogens is 2. The molecule has 0 saturated heterocycles. The fraction of sp³-hybridized carbons (Fsp3) is 0.111. The average Bonchev–Trinajstić information content (AvgIpc) is 2.78. The first-order chi connectivity index (χ1) is 11.5. The number of imidazole rings is 1. The summed E-state index contributed by atoms with van der Waals surface area (Å²) in [6.07, 6.45) is 3.09. The fourth-order valence-corrected chi connectivity index (χ4v) is 2.74. The third-order valence-electron chi connectivity index (χ3n) is 3.86. The van der Waals surface area contributed by atoms with E-state index in [9.17, 15) is 9.59 Å². The molecule has 24 heavy (non-hydrogen) atoms. The van der Waals surface area contributed by atoms with Crippen LogP contribution in [0.4, 0.5) is 5.69 Å². The number of nitrogens with one attached hydrogen (secondary N) is 1. The van der Waals surface area contributed by atoms with Crippen molar-refractivity contribution in [2.45, 2.75) is 0 Å². The number of nitrogens with zero attached hydrogens (tertiary/aromatic N) is 2. The first kappa shape index (κ1) is 16.1. The van der Waals surface area contributed by atoms with Crippen molar-refractivity contribution in [3.05, 3.63) is 69.6 Å². The van der Waals surface area contributed by atoms with Gasteiger partial charge in [0.05, 0.1) is 11.0 Å². The molecule has 5 nitrogen and oxygen atoms in total. The van der Waals surface area contributed by atoms with Gasteiger partial charge in [-0.25, -0.2) is 4.79 Å². The van der Waals surface area contributed by atoms with E-state index >= 15 is 0 Å². The summed E-state index contributed by atoms with van der Waals surface area (Å²) >= 11 is 6.05. The Hall–Kier alpha value is -2.79. The molecule has 0 aliphatic carbocycles. The molecule has 0 saturated carbocycles. The molecule has 1 heterocycles. The van der Waals surface area contributed by atoms with Crippen LogP contribution in [-0.4, -0.2) is 15.0 Å². The summed E-state index contributed by atoms with van der Waals surface area (Å²) in [7, 11) is 3.42. The number of amides is 1. The highest BCUT2D eigenvalue weighted by Crippen LogP contribution is 2.18. The van der Waals surface area contributed by atoms with Crippen LogP contribution in [0.25, 0.3) is 17.1 Å². The number of fused-ring (bicyclic) bond motifs is 1. The number of hydrogen-bond acceptors (Lipinski definition) is 2. The third-order valence-corrected chi connectivity index (χ3v) is 4.20. The number of carbonyl (C=O) groups excluding carboxylic acids is 1. The van der Waals surface area contributed by atoms with E-state index in [-0.39, 0.29) is 11.6 Å². The number of halogens is 1. The molecule has 0 radical (unpaired) electrons. The van der Waals surface area contributed by atoms with Crippen molar-refractivity contribution in [2.75, 3.05) is 5.32 Å². The minimum atomic E-state index is -0.268. The van der Waals surface area contributed by atoms with Crippen LogP contribution in [0.3, 0.4) is 0 Å². The van der Waals surface area contributed by atoms with E-state index in [4.69, 9.17) is 11.6 Å². The van der Waals surface area contributed by atoms with Crippen LogP contribution in [0.5, 0.6) is 0 Å². The highest BCUT2D eigenvalue weighted by Gasteiger charge is 2.08. The summed E-state index contributed by atoms with van der Waals surface area (Å²) in [4.78, 5) is 24.0. The Morgan fingerprint density at radius 2 is 1.79 bits per heavy atom. The predicted octanol–water partition coefficient (Wildman–Crippen LogP) is 3.18. The zero-order valence-corrected chi connectivity index (χ0v) is 14.0. The lowest BCUT2D eigenvalue weighted by Gasteiger charge is -2.03. The SMILES string of the molecule is Cn1c(=O)n(C)c2cc(NC(=O)C=Cc3ccccc3Cl)ccc21. The standard InChI is InChI=1S/C18H16ClN3O2/c1-21-15-9-8-13(11-16(15)22(2)18(21)24)20-17(23)10-7-12-5-3-4-6-14(12)19/h3-11H,1-2H3,(H,20,23). The second-order valence-corrected chi connectivity index (χ2v) is 5.86. The molecule has 0 spiro atoms. The summed E-state index contributed by atoms with van der Waals surface area (Å²) in [5, 5.41) is 3.37. The van der Waals surface area contributed by atoms with Crippen molar-refractivity contribution >= 4 is 40.3 Å². The molecule has 0 unspecified atom stereocenters. The summed E-state index contributed by atoms with van der Waals surface area (Å²) < 4.78 is 3.11. The molecule has 0 fully saturated rings. The lowest BCUT2D eigenvalue weighted by Crippen LogP contribution is -2.19. The van der Waals surface area contributed by atoms with Gasteiger partial charge in [-0.05, 0) is 35.9 Å². The quantitative estimate of drug-likeness (QED) is 0.744. The fourth-order valence-electron chi connectivity index (χ4n) is 2.54. The lowest BCUT2D eigenvalue weighted by atomic mass is 10.2. The lowest BCUT2D eigenvalue weighted by molar-refractivity contribution is -0.111. The van der Waals surface area contributed by atoms with Crippen molar-refractivity contribution in [3.63, 3.8) is 0 Å². The highest BCUT2D eigenvalue weighted by atomic mass is 35.5. The number of hydrogen-bond donors (Lipinski definition) is 1. The zero-order valence-electron chi connectivity index (χ0n) is 13.3. The Balaban J connectivity index is 1.82. The molecule has 3 aromatic rings. The molecule has 2 aromatic carbocycles. The van der Waals surface area contributed by atoms with Gasteiger partial charge in [0.25, 0.3) is 0 Å². The van der Waals surface area contributed by atoms with Gasteiger partial charge >= 0.3 is 5.69 Å². The number of aryl methyl sites for hydroxylation is 2. The highest BCUT2D eigenvalue weighted by molar-refractivity contribution is 6.32. The first-order valence-electron chi connectivity index (χ1n) is 7.36. The Morgan fingerprint density at radius 3 is 2.54 bits per heavy atom. The molecular formula is C18H16ClN3O2. The molecule has 0 atom stereocenters. The summed E-state index contributed by atoms with van der Waals surface area (Å²) in [6.45, 7) is 0. The van der Waals surface area contributed by atoms with E-state index in [1.807, 2.05) is 24.3 Å². The van der Waals surface area contributed by atoms with Crippen LogP contribution in [0.15, 0.2) is 53.3 Å². The number of carbonyl (C=O) groups is 1. The van der Waals surface area contributed by atoms with E-state index in [0.29, 0.717) is 10.7 Å². The van der Waals surface area contributed by atoms with Gasteiger partial charge in [0.15, 0.2) is 0 Å². The molecule has 0 aliphatic rings. The van der Waals surface area contributed by atoms with Crippen molar-refractivity contribution < 1.29 is 4.79 Å². The van der Waals surface area contributed by atoms with Gasteiger partial charge in [0, 0.05) is 30.9 Å². The second kappa shape index (κ2) is 6.37. The monoisotopic (exact) mass is 341 g/mol. The average molecular weight is 342 g/mol. The van der Waals surface area contributed by atoms with Crippen molar-refractivity contribution in [1.29, 1.82) is 0 Å². The van der Waals surface area contributed by atoms with Crippen LogP contribution in [0, 0.1) is 0 Å². The predicted molar refractivity (Wildman–Crippen MR) is 97.3 cm³/mol. The Labute approximate surface area is 143 Å². The molecular weight excluding hydrogens is 326 g/mol. The van der Waals surface area contributed by atoms with Gasteiger partial charge < -0.3 is 5.32 Å². The molecule has 3 rings (SSSR count). The summed E-state index contributed by atoms with van der Waals surface area (Å²) in [5.74, 6) is -0.268. The topological polar surface area (TPSA) is 56.0 Å². The van der Waals surface area contributed by atoms with E-state index in [1.54, 1.807) is 47.5 Å². The maximum absolute atomic E-state index is 12.1. The van der Waals surface area contributed by atoms with Crippen LogP contribution in [0.1, 0.15) is 5.56 Å². The van der Waals surface area contributed by atoms with E-state index in [2.05, 4.69) is 5.32 Å². The smallest absolute Gasteiger partial charge is 0.322 e. The largest absolute Gasteiger partial charge is 0.328 e. The van der Waals surface area contributed by atoms with Crippen LogP contribution in [-0.2, 0) is 18.9 Å². The normalized spacial score (nSPS) is 11.3.